The fourth-order valence-electron chi connectivity index (χ4n) is 5.57. The molecular formula is C30H31BN2. The highest BCUT2D eigenvalue weighted by Gasteiger charge is 2.19. The Morgan fingerprint density at radius 2 is 1.39 bits per heavy atom. The van der Waals surface area contributed by atoms with Gasteiger partial charge in [0.1, 0.15) is 0 Å². The van der Waals surface area contributed by atoms with E-state index < -0.39 is 0 Å². The van der Waals surface area contributed by atoms with E-state index in [4.69, 9.17) is 0 Å². The van der Waals surface area contributed by atoms with E-state index in [9.17, 15) is 0 Å². The summed E-state index contributed by atoms with van der Waals surface area (Å²) in [6.07, 6.45) is 13.3. The average Bonchev–Trinajstić information content (AvgIpc) is 3.40. The van der Waals surface area contributed by atoms with Crippen LogP contribution in [0.1, 0.15) is 50.2 Å². The van der Waals surface area contributed by atoms with Crippen molar-refractivity contribution in [3.05, 3.63) is 81.6 Å². The van der Waals surface area contributed by atoms with Crippen LogP contribution in [0, 0.1) is 13.8 Å². The van der Waals surface area contributed by atoms with Crippen LogP contribution in [-0.4, -0.2) is 16.3 Å². The van der Waals surface area contributed by atoms with E-state index in [1.165, 1.54) is 65.7 Å². The Labute approximate surface area is 196 Å². The lowest BCUT2D eigenvalue weighted by Crippen LogP contribution is -2.27. The zero-order valence-corrected chi connectivity index (χ0v) is 20.5. The zero-order chi connectivity index (χ0) is 23.3. The third-order valence-corrected chi connectivity index (χ3v) is 7.10. The van der Waals surface area contributed by atoms with Gasteiger partial charge >= 0.3 is 0 Å². The van der Waals surface area contributed by atoms with Crippen LogP contribution in [0.3, 0.4) is 0 Å². The van der Waals surface area contributed by atoms with Gasteiger partial charge in [-0.3, -0.25) is 0 Å². The molecule has 0 aliphatic heterocycles. The van der Waals surface area contributed by atoms with Gasteiger partial charge in [-0.05, 0) is 70.9 Å². The van der Waals surface area contributed by atoms with Gasteiger partial charge in [0.25, 0.3) is 7.41 Å². The lowest BCUT2D eigenvalue weighted by atomic mass is 9.80. The van der Waals surface area contributed by atoms with Crippen molar-refractivity contribution in [3.63, 3.8) is 0 Å². The highest BCUT2D eigenvalue weighted by atomic mass is 14.9. The topological polar surface area (TPSA) is 9.34 Å². The molecule has 0 saturated heterocycles. The highest BCUT2D eigenvalue weighted by molar-refractivity contribution is 6.53. The maximum Gasteiger partial charge on any atom is 0.275 e. The number of aromatic nitrogens is 2. The van der Waals surface area contributed by atoms with E-state index in [-0.39, 0.29) is 0 Å². The van der Waals surface area contributed by atoms with E-state index in [0.29, 0.717) is 0 Å². The summed E-state index contributed by atoms with van der Waals surface area (Å²) in [7, 11) is 0.846. The first-order chi connectivity index (χ1) is 16.0. The van der Waals surface area contributed by atoms with Gasteiger partial charge < -0.3 is 8.88 Å². The second-order valence-corrected chi connectivity index (χ2v) is 8.87. The van der Waals surface area contributed by atoms with Crippen LogP contribution in [0.2, 0.25) is 0 Å². The molecule has 0 amide bonds. The molecule has 0 N–H and O–H groups in total. The van der Waals surface area contributed by atoms with Crippen LogP contribution in [-0.2, 0) is 0 Å². The summed E-state index contributed by atoms with van der Waals surface area (Å²) in [5.41, 5.74) is 9.26. The molecule has 33 heavy (non-hydrogen) atoms. The molecule has 2 aromatic carbocycles. The molecule has 0 unspecified atom stereocenters. The maximum absolute atomic E-state index is 2.47. The Morgan fingerprint density at radius 1 is 0.758 bits per heavy atom. The monoisotopic (exact) mass is 430 g/mol. The van der Waals surface area contributed by atoms with E-state index in [0.717, 1.165) is 7.41 Å². The summed E-state index contributed by atoms with van der Waals surface area (Å²) in [5.74, 6) is 0. The van der Waals surface area contributed by atoms with Crippen molar-refractivity contribution in [2.45, 2.75) is 41.5 Å². The Kier molecular flexibility index (Phi) is 5.28. The van der Waals surface area contributed by atoms with Crippen LogP contribution in [0.25, 0.3) is 51.5 Å². The Hall–Kier alpha value is -3.46. The Balaban J connectivity index is 1.86. The molecule has 0 radical (unpaired) electrons. The summed E-state index contributed by atoms with van der Waals surface area (Å²) in [6, 6.07) is 13.6. The second-order valence-electron chi connectivity index (χ2n) is 8.87. The summed E-state index contributed by atoms with van der Waals surface area (Å²) < 4.78 is 4.91. The standard InChI is InChI=1S/C30H31BN2/c1-7-13-27-19(5)20(6)28(14-8-2)33(27)31-21-17-24-22(9-3)26(10-4)32-29-16-12-11-15-23(29)25(18-21)30(24)32/h7-18,31H,1-6H3/b13-7-,14-8-,22-9-,26-10+. The molecule has 0 fully saturated rings. The fraction of sp³-hybridized carbons (Fsp3) is 0.200. The van der Waals surface area contributed by atoms with E-state index in [2.05, 4.69) is 123 Å². The quantitative estimate of drug-likeness (QED) is 0.343. The van der Waals surface area contributed by atoms with Crippen LogP contribution < -0.4 is 16.0 Å². The summed E-state index contributed by atoms with van der Waals surface area (Å²) in [4.78, 5) is 0. The second kappa shape index (κ2) is 8.15. The van der Waals surface area contributed by atoms with Crippen molar-refractivity contribution < 1.29 is 0 Å². The first-order valence-corrected chi connectivity index (χ1v) is 11.9. The zero-order valence-electron chi connectivity index (χ0n) is 20.5. The SMILES string of the molecule is C/C=C\c1c(C)c(C)c(/C=C\C)n1Bc1cc2c(=C/C)/c(=C\C)n3c4ccccc4c(c1)c23. The number of hydrogen-bond donors (Lipinski definition) is 0. The van der Waals surface area contributed by atoms with E-state index in [1.807, 2.05) is 0 Å². The van der Waals surface area contributed by atoms with Gasteiger partial charge in [0, 0.05) is 38.1 Å². The number of nitrogens with zero attached hydrogens (tertiary/aromatic N) is 2. The maximum atomic E-state index is 2.47. The van der Waals surface area contributed by atoms with E-state index >= 15 is 0 Å². The molecule has 0 atom stereocenters. The van der Waals surface area contributed by atoms with Gasteiger partial charge in [-0.15, -0.1) is 0 Å². The number of para-hydroxylation sites is 1. The molecule has 5 aromatic rings. The van der Waals surface area contributed by atoms with Gasteiger partial charge in [-0.25, -0.2) is 0 Å². The first-order valence-electron chi connectivity index (χ1n) is 11.9. The summed E-state index contributed by atoms with van der Waals surface area (Å²) in [5, 5.41) is 6.62. The Morgan fingerprint density at radius 3 is 2.00 bits per heavy atom. The molecule has 5 rings (SSSR count). The first kappa shape index (κ1) is 21.4. The molecule has 0 aliphatic rings. The van der Waals surface area contributed by atoms with Gasteiger partial charge in [-0.2, -0.15) is 0 Å². The Bertz CT molecular complexity index is 1650. The van der Waals surface area contributed by atoms with Gasteiger partial charge in [0.2, 0.25) is 0 Å². The molecule has 3 heteroatoms. The van der Waals surface area contributed by atoms with Crippen molar-refractivity contribution in [1.29, 1.82) is 0 Å². The van der Waals surface area contributed by atoms with Crippen LogP contribution >= 0.6 is 0 Å². The number of allylic oxidation sites excluding steroid dienone is 2. The third-order valence-electron chi connectivity index (χ3n) is 7.10. The van der Waals surface area contributed by atoms with Crippen LogP contribution in [0.5, 0.6) is 0 Å². The molecule has 0 aliphatic carbocycles. The molecule has 0 spiro atoms. The predicted octanol–water partition coefficient (Wildman–Crippen LogP) is 5.29. The van der Waals surface area contributed by atoms with E-state index in [1.54, 1.807) is 0 Å². The number of benzene rings is 2. The molecule has 3 heterocycles. The van der Waals surface area contributed by atoms with Crippen molar-refractivity contribution in [2.24, 2.45) is 0 Å². The van der Waals surface area contributed by atoms with Crippen LogP contribution in [0.4, 0.5) is 0 Å². The minimum Gasteiger partial charge on any atom is -0.385 e. The molecule has 164 valence electrons. The summed E-state index contributed by atoms with van der Waals surface area (Å²) in [6.45, 7) is 13.0. The van der Waals surface area contributed by atoms with Crippen molar-refractivity contribution >= 4 is 64.4 Å². The molecule has 3 aromatic heterocycles. The third kappa shape index (κ3) is 3.02. The minimum atomic E-state index is 0.846. The predicted molar refractivity (Wildman–Crippen MR) is 149 cm³/mol. The number of hydrogen-bond acceptors (Lipinski definition) is 0. The fourth-order valence-corrected chi connectivity index (χ4v) is 5.57. The molecular weight excluding hydrogens is 399 g/mol. The molecule has 0 bridgehead atoms. The lowest BCUT2D eigenvalue weighted by molar-refractivity contribution is 1.18. The smallest absolute Gasteiger partial charge is 0.275 e. The van der Waals surface area contributed by atoms with Gasteiger partial charge in [0.15, 0.2) is 0 Å². The number of fused-ring (bicyclic) bond motifs is 3. The summed E-state index contributed by atoms with van der Waals surface area (Å²) >= 11 is 0. The largest absolute Gasteiger partial charge is 0.385 e. The highest BCUT2D eigenvalue weighted by Crippen LogP contribution is 2.29. The van der Waals surface area contributed by atoms with Crippen molar-refractivity contribution in [3.8, 4) is 0 Å². The lowest BCUT2D eigenvalue weighted by Gasteiger charge is -2.11. The average molecular weight is 430 g/mol. The molecule has 0 saturated carbocycles. The normalized spacial score (nSPS) is 13.9. The molecule has 2 nitrogen and oxygen atoms in total. The van der Waals surface area contributed by atoms with Crippen molar-refractivity contribution in [1.82, 2.24) is 8.88 Å². The van der Waals surface area contributed by atoms with Crippen LogP contribution in [0.15, 0.2) is 48.6 Å². The van der Waals surface area contributed by atoms with Gasteiger partial charge in [0.05, 0.1) is 11.0 Å². The minimum absolute atomic E-state index is 0.846. The van der Waals surface area contributed by atoms with Crippen molar-refractivity contribution in [2.75, 3.05) is 0 Å². The number of rotatable bonds is 4. The van der Waals surface area contributed by atoms with Gasteiger partial charge in [-0.1, -0.05) is 60.1 Å².